The largest absolute Gasteiger partial charge is 0.321 e. The zero-order valence-corrected chi connectivity index (χ0v) is 64.6. The molecule has 19 rings (SSSR count). The highest BCUT2D eigenvalue weighted by Crippen LogP contribution is 2.45. The van der Waals surface area contributed by atoms with Crippen LogP contribution in [0.4, 0.5) is 5.69 Å². The number of rotatable bonds is 14. The van der Waals surface area contributed by atoms with Crippen LogP contribution >= 0.6 is 39.0 Å². The van der Waals surface area contributed by atoms with Crippen molar-refractivity contribution in [3.8, 4) is 50.7 Å². The van der Waals surface area contributed by atoms with E-state index in [0.717, 1.165) is 189 Å². The molecule has 0 radical (unpaired) electrons. The summed E-state index contributed by atoms with van der Waals surface area (Å²) < 4.78 is 23.7. The third kappa shape index (κ3) is 13.3. The normalized spacial score (nSPS) is 11.5. The van der Waals surface area contributed by atoms with E-state index in [1.807, 2.05) is 152 Å². The van der Waals surface area contributed by atoms with Crippen molar-refractivity contribution < 1.29 is 9.36 Å². The molecule has 0 aliphatic heterocycles. The summed E-state index contributed by atoms with van der Waals surface area (Å²) in [5, 5.41) is 12.2. The van der Waals surface area contributed by atoms with Gasteiger partial charge in [-0.15, -0.1) is 0 Å². The number of imidazole rings is 3. The van der Waals surface area contributed by atoms with Gasteiger partial charge in [0.1, 0.15) is 17.5 Å². The number of carbonyl (C=O) groups excluding carboxylic acids is 1. The number of nitrogens with zero attached hydrogens (tertiary/aromatic N) is 8. The van der Waals surface area contributed by atoms with Crippen LogP contribution in [0.15, 0.2) is 349 Å². The molecule has 0 saturated carbocycles. The average molecular weight is 1570 g/mol. The molecule has 0 bridgehead atoms. The predicted octanol–water partition coefficient (Wildman–Crippen LogP) is 23.6. The molecule has 14 heteroatoms. The minimum Gasteiger partial charge on any atom is -0.321 e. The van der Waals surface area contributed by atoms with Crippen molar-refractivity contribution in [3.05, 3.63) is 372 Å². The molecule has 0 saturated heterocycles. The maximum atomic E-state index is 15.0. The van der Waals surface area contributed by atoms with Gasteiger partial charge in [0.05, 0.1) is 55.5 Å². The summed E-state index contributed by atoms with van der Waals surface area (Å²) in [5.74, 6) is 2.93. The number of hydrogen-bond donors (Lipinski definition) is 1. The van der Waals surface area contributed by atoms with Gasteiger partial charge >= 0.3 is 0 Å². The van der Waals surface area contributed by atoms with Gasteiger partial charge in [-0.05, 0) is 132 Å². The number of aryl methyl sites for hydroxylation is 3. The predicted molar refractivity (Wildman–Crippen MR) is 462 cm³/mol. The molecule has 19 aromatic rings. The summed E-state index contributed by atoms with van der Waals surface area (Å²) >= 11 is 6.97. The van der Waals surface area contributed by atoms with Crippen molar-refractivity contribution >= 4 is 143 Å². The van der Waals surface area contributed by atoms with E-state index >= 15 is 4.57 Å². The van der Waals surface area contributed by atoms with Gasteiger partial charge in [0.15, 0.2) is 7.14 Å². The first-order valence-corrected chi connectivity index (χ1v) is 40.2. The lowest BCUT2D eigenvalue weighted by atomic mass is 9.99. The average Bonchev–Trinajstić information content (AvgIpc) is 1.49. The molecule has 0 atom stereocenters. The van der Waals surface area contributed by atoms with Crippen molar-refractivity contribution in [2.24, 2.45) is 0 Å². The number of benzene rings is 14. The molecule has 5 aromatic heterocycles. The van der Waals surface area contributed by atoms with Gasteiger partial charge in [-0.1, -0.05) is 277 Å². The van der Waals surface area contributed by atoms with Gasteiger partial charge in [0.25, 0.3) is 5.91 Å². The monoisotopic (exact) mass is 1570 g/mol. The lowest BCUT2D eigenvalue weighted by Crippen LogP contribution is -2.24. The Morgan fingerprint density at radius 3 is 1.19 bits per heavy atom. The summed E-state index contributed by atoms with van der Waals surface area (Å²) in [6.07, 6.45) is 2.48. The summed E-state index contributed by atoms with van der Waals surface area (Å²) in [4.78, 5) is 38.5. The van der Waals surface area contributed by atoms with E-state index in [-0.39, 0.29) is 5.91 Å². The Hall–Kier alpha value is -12.5. The molecule has 11 nitrogen and oxygen atoms in total. The third-order valence-electron chi connectivity index (χ3n) is 20.3. The van der Waals surface area contributed by atoms with Crippen LogP contribution in [0.5, 0.6) is 0 Å². The van der Waals surface area contributed by atoms with E-state index in [0.29, 0.717) is 5.56 Å². The second-order valence-electron chi connectivity index (χ2n) is 26.9. The van der Waals surface area contributed by atoms with E-state index in [2.05, 4.69) is 248 Å². The Morgan fingerprint density at radius 1 is 0.345 bits per heavy atom. The van der Waals surface area contributed by atoms with Crippen LogP contribution in [0.1, 0.15) is 48.6 Å². The molecule has 5 heterocycles. The molecular formula is C96H72Br2N9O2P. The molecule has 1 N–H and O–H groups in total. The lowest BCUT2D eigenvalue weighted by molar-refractivity contribution is 0.102. The first kappa shape index (κ1) is 70.5. The fourth-order valence-corrected chi connectivity index (χ4v) is 18.3. The molecular weight excluding hydrogens is 1500 g/mol. The van der Waals surface area contributed by atoms with Crippen LogP contribution in [0.3, 0.4) is 0 Å². The number of fused-ring (bicyclic) bond motifs is 11. The molecule has 0 aliphatic rings. The molecule has 110 heavy (non-hydrogen) atoms. The Morgan fingerprint density at radius 2 is 0.718 bits per heavy atom. The minimum absolute atomic E-state index is 0.141. The number of anilines is 1. The quantitative estimate of drug-likeness (QED) is 0.0849. The van der Waals surface area contributed by atoms with Gasteiger partial charge in [0, 0.05) is 111 Å². The second-order valence-corrected chi connectivity index (χ2v) is 31.5. The fourth-order valence-electron chi connectivity index (χ4n) is 15.1. The third-order valence-corrected chi connectivity index (χ3v) is 24.4. The van der Waals surface area contributed by atoms with Crippen molar-refractivity contribution in [2.45, 2.75) is 40.0 Å². The van der Waals surface area contributed by atoms with Crippen LogP contribution in [0.2, 0.25) is 0 Å². The number of aromatic nitrogens is 8. The zero-order chi connectivity index (χ0) is 74.8. The van der Waals surface area contributed by atoms with Crippen molar-refractivity contribution in [3.63, 3.8) is 0 Å². The maximum Gasteiger partial charge on any atom is 0.255 e. The Labute approximate surface area is 653 Å². The highest BCUT2D eigenvalue weighted by Gasteiger charge is 2.30. The zero-order valence-electron chi connectivity index (χ0n) is 60.6. The molecule has 532 valence electrons. The highest BCUT2D eigenvalue weighted by atomic mass is 79.9. The standard InChI is InChI=1S/C40H30N3OP.C28H22BrN3O.C28H20BrN3/c1-2-37-42-40-36(43(37)29-14-6-3-7-15-29)27-26-34-33-20-12-13-21-35(33)41-39(38(34)40)28-22-24-32(25-23-28)45(44,30-16-8-4-9-17-30)31-18-10-5-11-19-31;1-2-27-30-25-18-20(14-17-26(25)32(27)22-8-4-3-5-9-22)23-10-6-7-11-24(23)31-28(33)19-12-15-21(29)16-13-19;1-2-25-31-28-24(32(25)20-8-4-3-5-9-20)17-16-22-21-10-6-7-11-23(21)30-27(26(22)28)18-12-14-19(29)15-13-18/h3-27H,2H2,1H3;3-18H,2H2,1H3,(H,31,33);3-17H,2H2,1H3. The SMILES string of the molecule is CCc1nc2c3c(-c4ccc(Br)cc4)nc4ccccc4c3ccc2n1-c1ccccc1.CCc1nc2c3c(-c4ccc(P(=O)(c5ccccc5)c5ccccc5)cc4)nc4ccccc4c3ccc2n1-c1ccccc1.CCc1nc2cc(-c3ccccc3NC(=O)c3ccc(Br)cc3)ccc2n1-c1ccccc1. The number of carbonyl (C=O) groups is 1. The van der Waals surface area contributed by atoms with Crippen molar-refractivity contribution in [1.29, 1.82) is 0 Å². The number of nitrogens with one attached hydrogen (secondary N) is 1. The molecule has 1 amide bonds. The number of pyridine rings is 2. The van der Waals surface area contributed by atoms with Crippen molar-refractivity contribution in [1.82, 2.24) is 38.6 Å². The molecule has 0 fully saturated rings. The first-order chi connectivity index (χ1) is 54.0. The van der Waals surface area contributed by atoms with E-state index in [1.54, 1.807) is 12.1 Å². The fraction of sp³-hybridized carbons (Fsp3) is 0.0625. The molecule has 0 unspecified atom stereocenters. The van der Waals surface area contributed by atoms with Crippen LogP contribution < -0.4 is 21.2 Å². The van der Waals surface area contributed by atoms with E-state index in [1.165, 1.54) is 5.39 Å². The number of hydrogen-bond acceptors (Lipinski definition) is 7. The second kappa shape index (κ2) is 30.6. The summed E-state index contributed by atoms with van der Waals surface area (Å²) in [6, 6.07) is 114. The Balaban J connectivity index is 0.000000123. The Bertz CT molecular complexity index is 6630. The molecule has 0 aliphatic carbocycles. The van der Waals surface area contributed by atoms with Crippen molar-refractivity contribution in [2.75, 3.05) is 5.32 Å². The van der Waals surface area contributed by atoms with Gasteiger partial charge < -0.3 is 9.88 Å². The summed E-state index contributed by atoms with van der Waals surface area (Å²) in [7, 11) is -3.09. The summed E-state index contributed by atoms with van der Waals surface area (Å²) in [6.45, 7) is 6.43. The van der Waals surface area contributed by atoms with Crippen LogP contribution in [0, 0.1) is 0 Å². The maximum absolute atomic E-state index is 15.0. The lowest BCUT2D eigenvalue weighted by Gasteiger charge is -2.20. The van der Waals surface area contributed by atoms with Gasteiger partial charge in [-0.3, -0.25) is 18.5 Å². The smallest absolute Gasteiger partial charge is 0.255 e. The van der Waals surface area contributed by atoms with E-state index in [4.69, 9.17) is 24.9 Å². The molecule has 14 aromatic carbocycles. The van der Waals surface area contributed by atoms with Gasteiger partial charge in [0.2, 0.25) is 0 Å². The number of para-hydroxylation sites is 6. The van der Waals surface area contributed by atoms with Crippen LogP contribution in [-0.2, 0) is 23.8 Å². The van der Waals surface area contributed by atoms with E-state index in [9.17, 15) is 4.79 Å². The van der Waals surface area contributed by atoms with Crippen LogP contribution in [0.25, 0.3) is 127 Å². The summed E-state index contributed by atoms with van der Waals surface area (Å²) in [5.41, 5.74) is 18.6. The topological polar surface area (TPSA) is 125 Å². The molecule has 0 spiro atoms. The van der Waals surface area contributed by atoms with Crippen LogP contribution in [-0.4, -0.2) is 44.5 Å². The number of halogens is 2. The Kier molecular flexibility index (Phi) is 19.6. The highest BCUT2D eigenvalue weighted by molar-refractivity contribution is 9.10. The number of amides is 1. The first-order valence-electron chi connectivity index (χ1n) is 36.9. The minimum atomic E-state index is -3.09. The van der Waals surface area contributed by atoms with Gasteiger partial charge in [-0.25, -0.2) is 24.9 Å². The van der Waals surface area contributed by atoms with Gasteiger partial charge in [-0.2, -0.15) is 0 Å². The van der Waals surface area contributed by atoms with E-state index < -0.39 is 7.14 Å².